The lowest BCUT2D eigenvalue weighted by molar-refractivity contribution is 0.599. The minimum Gasteiger partial charge on any atom is -0.358 e. The maximum atomic E-state index is 14.2. The third-order valence-corrected chi connectivity index (χ3v) is 6.77. The maximum Gasteiger partial charge on any atom is 0.228 e. The van der Waals surface area contributed by atoms with Gasteiger partial charge in [-0.2, -0.15) is 14.6 Å². The van der Waals surface area contributed by atoms with Crippen molar-refractivity contribution in [2.24, 2.45) is 0 Å². The average molecular weight is 474 g/mol. The number of nitrogens with zero attached hydrogens (tertiary/aromatic N) is 5. The van der Waals surface area contributed by atoms with Gasteiger partial charge >= 0.3 is 0 Å². The second-order valence-corrected chi connectivity index (χ2v) is 9.56. The van der Waals surface area contributed by atoms with Gasteiger partial charge in [-0.25, -0.2) is 13.8 Å². The highest BCUT2D eigenvalue weighted by atomic mass is 19.1. The topological polar surface area (TPSA) is 83.8 Å². The van der Waals surface area contributed by atoms with Gasteiger partial charge in [0.15, 0.2) is 11.5 Å². The van der Waals surface area contributed by atoms with Gasteiger partial charge in [-0.1, -0.05) is 13.8 Å². The van der Waals surface area contributed by atoms with Gasteiger partial charge in [-0.15, -0.1) is 0 Å². The van der Waals surface area contributed by atoms with E-state index >= 15 is 0 Å². The molecular formula is C26H25F2N7. The van der Waals surface area contributed by atoms with Gasteiger partial charge in [0.1, 0.15) is 11.6 Å². The Bertz CT molecular complexity index is 1580. The SMILES string of the molecule is Cc1cc(F)cc2c3c([nH]c12)CC[C@H](Nc1nc(-c2cncc(F)c2)nc2c(C(C)C)cnn12)C3. The van der Waals surface area contributed by atoms with Gasteiger partial charge in [0.2, 0.25) is 5.95 Å². The van der Waals surface area contributed by atoms with Crippen LogP contribution in [0.25, 0.3) is 27.9 Å². The minimum absolute atomic E-state index is 0.0633. The van der Waals surface area contributed by atoms with E-state index in [1.54, 1.807) is 29.0 Å². The van der Waals surface area contributed by atoms with E-state index in [-0.39, 0.29) is 17.8 Å². The number of aromatic nitrogens is 6. The van der Waals surface area contributed by atoms with Crippen molar-refractivity contribution in [1.29, 1.82) is 0 Å². The number of hydrogen-bond acceptors (Lipinski definition) is 5. The summed E-state index contributed by atoms with van der Waals surface area (Å²) in [7, 11) is 0. The highest BCUT2D eigenvalue weighted by molar-refractivity contribution is 5.87. The zero-order valence-corrected chi connectivity index (χ0v) is 19.7. The Hall–Kier alpha value is -3.88. The van der Waals surface area contributed by atoms with E-state index in [0.717, 1.165) is 58.7 Å². The van der Waals surface area contributed by atoms with Crippen molar-refractivity contribution in [3.63, 3.8) is 0 Å². The summed E-state index contributed by atoms with van der Waals surface area (Å²) in [6, 6.07) is 4.61. The number of fused-ring (bicyclic) bond motifs is 4. The van der Waals surface area contributed by atoms with Gasteiger partial charge in [0.05, 0.1) is 12.4 Å². The predicted octanol–water partition coefficient (Wildman–Crippen LogP) is 5.35. The standard InChI is InChI=1S/C26H25F2N7/c1-13(2)21-12-30-35-25(21)33-24(15-7-17(28)11-29-10-15)34-26(35)31-18-4-5-22-19(9-18)20-8-16(27)6-14(3)23(20)32-22/h6-8,10-13,18,32H,4-5,9H2,1-3H3,(H,31,33,34)/t18-/m0/s1. The van der Waals surface area contributed by atoms with Crippen molar-refractivity contribution < 1.29 is 8.78 Å². The number of benzene rings is 1. The van der Waals surface area contributed by atoms with E-state index in [4.69, 9.17) is 9.97 Å². The number of halogens is 2. The first-order valence-corrected chi connectivity index (χ1v) is 11.8. The van der Waals surface area contributed by atoms with Crippen LogP contribution in [-0.4, -0.2) is 35.6 Å². The number of H-pyrrole nitrogens is 1. The van der Waals surface area contributed by atoms with Crippen LogP contribution in [0.2, 0.25) is 0 Å². The Balaban J connectivity index is 1.41. The number of aromatic amines is 1. The molecule has 7 nitrogen and oxygen atoms in total. The lowest BCUT2D eigenvalue weighted by atomic mass is 9.91. The molecule has 1 aromatic carbocycles. The van der Waals surface area contributed by atoms with Gasteiger partial charge in [-0.05, 0) is 61.4 Å². The molecule has 0 saturated heterocycles. The first-order chi connectivity index (χ1) is 16.9. The van der Waals surface area contributed by atoms with Gasteiger partial charge in [0.25, 0.3) is 0 Å². The number of pyridine rings is 1. The third kappa shape index (κ3) is 3.71. The molecule has 0 fully saturated rings. The van der Waals surface area contributed by atoms with Gasteiger partial charge < -0.3 is 10.3 Å². The van der Waals surface area contributed by atoms with Crippen molar-refractivity contribution in [2.45, 2.75) is 52.0 Å². The molecule has 1 aliphatic carbocycles. The molecule has 1 aliphatic rings. The number of anilines is 1. The van der Waals surface area contributed by atoms with Gasteiger partial charge in [0, 0.05) is 40.0 Å². The van der Waals surface area contributed by atoms with Crippen LogP contribution in [0, 0.1) is 18.6 Å². The molecule has 0 spiro atoms. The van der Waals surface area contributed by atoms with Crippen molar-refractivity contribution in [2.75, 3.05) is 5.32 Å². The average Bonchev–Trinajstić information content (AvgIpc) is 3.41. The van der Waals surface area contributed by atoms with E-state index in [0.29, 0.717) is 23.0 Å². The Morgan fingerprint density at radius 2 is 1.94 bits per heavy atom. The predicted molar refractivity (Wildman–Crippen MR) is 130 cm³/mol. The molecule has 0 bridgehead atoms. The lowest BCUT2D eigenvalue weighted by Crippen LogP contribution is -2.29. The van der Waals surface area contributed by atoms with Crippen molar-refractivity contribution in [3.05, 3.63) is 70.8 Å². The molecule has 9 heteroatoms. The summed E-state index contributed by atoms with van der Waals surface area (Å²) in [5, 5.41) is 9.04. The third-order valence-electron chi connectivity index (χ3n) is 6.77. The maximum absolute atomic E-state index is 14.2. The smallest absolute Gasteiger partial charge is 0.228 e. The molecule has 0 saturated carbocycles. The molecular weight excluding hydrogens is 448 g/mol. The summed E-state index contributed by atoms with van der Waals surface area (Å²) in [4.78, 5) is 16.9. The summed E-state index contributed by atoms with van der Waals surface area (Å²) in [5.74, 6) is 0.457. The summed E-state index contributed by atoms with van der Waals surface area (Å²) in [6.45, 7) is 6.08. The van der Waals surface area contributed by atoms with E-state index < -0.39 is 5.82 Å². The summed E-state index contributed by atoms with van der Waals surface area (Å²) in [6.07, 6.45) is 6.96. The highest BCUT2D eigenvalue weighted by Gasteiger charge is 2.25. The monoisotopic (exact) mass is 473 g/mol. The molecule has 1 atom stereocenters. The largest absolute Gasteiger partial charge is 0.358 e. The highest BCUT2D eigenvalue weighted by Crippen LogP contribution is 2.33. The van der Waals surface area contributed by atoms with Crippen molar-refractivity contribution >= 4 is 22.5 Å². The molecule has 4 aromatic heterocycles. The minimum atomic E-state index is -0.445. The van der Waals surface area contributed by atoms with Crippen LogP contribution in [0.3, 0.4) is 0 Å². The molecule has 2 N–H and O–H groups in total. The molecule has 0 amide bonds. The van der Waals surface area contributed by atoms with Crippen LogP contribution in [0.5, 0.6) is 0 Å². The van der Waals surface area contributed by atoms with Crippen LogP contribution in [0.15, 0.2) is 36.8 Å². The van der Waals surface area contributed by atoms with Crippen LogP contribution in [0.4, 0.5) is 14.7 Å². The van der Waals surface area contributed by atoms with E-state index in [2.05, 4.69) is 34.2 Å². The molecule has 0 unspecified atom stereocenters. The van der Waals surface area contributed by atoms with Crippen LogP contribution in [-0.2, 0) is 12.8 Å². The number of hydrogen-bond donors (Lipinski definition) is 2. The van der Waals surface area contributed by atoms with Crippen molar-refractivity contribution in [1.82, 2.24) is 29.5 Å². The molecule has 0 radical (unpaired) electrons. The fraction of sp³-hybridized carbons (Fsp3) is 0.308. The van der Waals surface area contributed by atoms with Crippen molar-refractivity contribution in [3.8, 4) is 11.4 Å². The lowest BCUT2D eigenvalue weighted by Gasteiger charge is -2.24. The quantitative estimate of drug-likeness (QED) is 0.368. The summed E-state index contributed by atoms with van der Waals surface area (Å²) >= 11 is 0. The zero-order chi connectivity index (χ0) is 24.3. The fourth-order valence-corrected chi connectivity index (χ4v) is 5.01. The molecule has 35 heavy (non-hydrogen) atoms. The Morgan fingerprint density at radius 1 is 1.09 bits per heavy atom. The second kappa shape index (κ2) is 8.11. The second-order valence-electron chi connectivity index (χ2n) is 9.56. The zero-order valence-electron chi connectivity index (χ0n) is 19.7. The molecule has 6 rings (SSSR count). The molecule has 5 aromatic rings. The number of rotatable bonds is 4. The van der Waals surface area contributed by atoms with E-state index in [9.17, 15) is 8.78 Å². The molecule has 4 heterocycles. The van der Waals surface area contributed by atoms with Crippen LogP contribution < -0.4 is 5.32 Å². The normalized spacial score (nSPS) is 15.8. The number of aryl methyl sites for hydroxylation is 2. The Kier molecular flexibility index (Phi) is 5.01. The van der Waals surface area contributed by atoms with E-state index in [1.165, 1.54) is 6.07 Å². The number of nitrogens with one attached hydrogen (secondary N) is 2. The fourth-order valence-electron chi connectivity index (χ4n) is 5.01. The van der Waals surface area contributed by atoms with Crippen LogP contribution >= 0.6 is 0 Å². The summed E-state index contributed by atoms with van der Waals surface area (Å²) < 4.78 is 29.8. The Morgan fingerprint density at radius 3 is 2.74 bits per heavy atom. The van der Waals surface area contributed by atoms with E-state index in [1.807, 2.05) is 6.92 Å². The molecule has 0 aliphatic heterocycles. The first kappa shape index (κ1) is 21.6. The summed E-state index contributed by atoms with van der Waals surface area (Å²) in [5.41, 5.74) is 6.35. The Labute approximate surface area is 200 Å². The van der Waals surface area contributed by atoms with Gasteiger partial charge in [-0.3, -0.25) is 4.98 Å². The first-order valence-electron chi connectivity index (χ1n) is 11.8. The molecule has 178 valence electrons. The van der Waals surface area contributed by atoms with Crippen LogP contribution in [0.1, 0.15) is 48.6 Å².